The molecule has 2 aromatic carbocycles. The van der Waals surface area contributed by atoms with Crippen molar-refractivity contribution in [1.29, 1.82) is 5.41 Å². The number of amides is 1. The highest BCUT2D eigenvalue weighted by molar-refractivity contribution is 8.45. The number of carbonyl (C=O) groups is 2. The molecule has 2 aliphatic rings. The van der Waals surface area contributed by atoms with Crippen LogP contribution in [0.3, 0.4) is 0 Å². The van der Waals surface area contributed by atoms with Crippen molar-refractivity contribution in [3.8, 4) is 11.3 Å². The number of carboxylic acid groups (broad SMARTS) is 1. The van der Waals surface area contributed by atoms with Gasteiger partial charge in [0, 0.05) is 11.3 Å². The van der Waals surface area contributed by atoms with E-state index in [-0.39, 0.29) is 17.0 Å². The molecule has 3 aromatic rings. The number of carbonyl (C=O) groups excluding carboxylic acids is 1. The quantitative estimate of drug-likeness (QED) is 0.476. The number of carboxylic acids is 1. The predicted octanol–water partition coefficient (Wildman–Crippen LogP) is 5.15. The zero-order valence-electron chi connectivity index (χ0n) is 17.5. The van der Waals surface area contributed by atoms with E-state index in [1.165, 1.54) is 46.7 Å². The van der Waals surface area contributed by atoms with Gasteiger partial charge >= 0.3 is 5.97 Å². The molecule has 0 saturated heterocycles. The summed E-state index contributed by atoms with van der Waals surface area (Å²) in [5.74, 6) is -0.144. The van der Waals surface area contributed by atoms with Crippen LogP contribution in [0, 0.1) is 5.41 Å². The average molecular weight is 489 g/mol. The Balaban J connectivity index is 1.35. The van der Waals surface area contributed by atoms with Crippen LogP contribution in [0.15, 0.2) is 86.8 Å². The van der Waals surface area contributed by atoms with Crippen molar-refractivity contribution < 1.29 is 19.1 Å². The maximum Gasteiger partial charge on any atom is 0.335 e. The summed E-state index contributed by atoms with van der Waals surface area (Å²) in [7, 11) is 0. The van der Waals surface area contributed by atoms with Crippen molar-refractivity contribution in [1.82, 2.24) is 5.01 Å². The Morgan fingerprint density at radius 1 is 1.15 bits per heavy atom. The molecule has 0 spiro atoms. The number of hydrogen-bond donors (Lipinski definition) is 2. The van der Waals surface area contributed by atoms with Crippen LogP contribution in [-0.2, 0) is 10.5 Å². The number of amidine groups is 2. The van der Waals surface area contributed by atoms with E-state index in [0.717, 1.165) is 11.3 Å². The van der Waals surface area contributed by atoms with Gasteiger partial charge in [-0.2, -0.15) is 10.0 Å². The number of aliphatic imine (C=N–C) groups is 1. The molecular weight excluding hydrogens is 472 g/mol. The number of nitrogens with one attached hydrogen (secondary N) is 1. The molecule has 0 atom stereocenters. The van der Waals surface area contributed by atoms with E-state index < -0.39 is 11.9 Å². The van der Waals surface area contributed by atoms with Gasteiger partial charge in [0.1, 0.15) is 11.5 Å². The molecule has 0 fully saturated rings. The first-order valence-electron chi connectivity index (χ1n) is 10.1. The smallest absolute Gasteiger partial charge is 0.335 e. The maximum atomic E-state index is 12.6. The van der Waals surface area contributed by atoms with Crippen LogP contribution >= 0.6 is 23.5 Å². The molecule has 3 heterocycles. The summed E-state index contributed by atoms with van der Waals surface area (Å²) in [6.45, 7) is 0. The summed E-state index contributed by atoms with van der Waals surface area (Å²) in [4.78, 5) is 27.9. The first-order valence-corrected chi connectivity index (χ1v) is 11.9. The zero-order chi connectivity index (χ0) is 23.7. The van der Waals surface area contributed by atoms with Gasteiger partial charge in [0.2, 0.25) is 5.17 Å². The molecule has 0 bridgehead atoms. The number of benzene rings is 2. The second-order valence-electron chi connectivity index (χ2n) is 7.25. The van der Waals surface area contributed by atoms with Crippen molar-refractivity contribution >= 4 is 56.9 Å². The minimum atomic E-state index is -1.03. The Labute approximate surface area is 202 Å². The van der Waals surface area contributed by atoms with Gasteiger partial charge in [-0.1, -0.05) is 54.2 Å². The van der Waals surface area contributed by atoms with E-state index in [0.29, 0.717) is 26.6 Å². The van der Waals surface area contributed by atoms with Gasteiger partial charge < -0.3 is 9.52 Å². The van der Waals surface area contributed by atoms with Crippen molar-refractivity contribution in [2.24, 2.45) is 10.1 Å². The van der Waals surface area contributed by atoms with Crippen molar-refractivity contribution in [3.63, 3.8) is 0 Å². The summed E-state index contributed by atoms with van der Waals surface area (Å²) in [6.07, 6.45) is 1.45. The van der Waals surface area contributed by atoms with E-state index in [1.54, 1.807) is 24.3 Å². The number of fused-ring (bicyclic) bond motifs is 1. The monoisotopic (exact) mass is 488 g/mol. The van der Waals surface area contributed by atoms with Gasteiger partial charge in [-0.3, -0.25) is 10.2 Å². The number of hydrazone groups is 1. The van der Waals surface area contributed by atoms with E-state index in [9.17, 15) is 14.7 Å². The summed E-state index contributed by atoms with van der Waals surface area (Å²) in [6, 6.07) is 19.7. The minimum absolute atomic E-state index is 0.0580. The number of hydrogen-bond acceptors (Lipinski definition) is 7. The molecule has 1 aromatic heterocycles. The van der Waals surface area contributed by atoms with Crippen LogP contribution in [0.5, 0.6) is 0 Å². The molecule has 10 heteroatoms. The standard InChI is InChI=1S/C24H16N4O4S2/c25-20-18(12-17-9-10-19(32-17)15-7-4-8-16(11-15)22(30)31)21(29)26-23-28(20)27-24(34-23)33-13-14-5-2-1-3-6-14/h1-12,25H,13H2,(H,30,31)/b18-12-,25-20?. The van der Waals surface area contributed by atoms with Crippen molar-refractivity contribution in [2.75, 3.05) is 0 Å². The van der Waals surface area contributed by atoms with Crippen LogP contribution in [0.4, 0.5) is 0 Å². The number of furan rings is 1. The lowest BCUT2D eigenvalue weighted by atomic mass is 10.1. The summed E-state index contributed by atoms with van der Waals surface area (Å²) >= 11 is 2.78. The van der Waals surface area contributed by atoms with Gasteiger partial charge in [0.15, 0.2) is 10.2 Å². The van der Waals surface area contributed by atoms with Crippen molar-refractivity contribution in [2.45, 2.75) is 5.75 Å². The third kappa shape index (κ3) is 4.45. The highest BCUT2D eigenvalue weighted by Gasteiger charge is 2.36. The number of thioether (sulfide) groups is 2. The van der Waals surface area contributed by atoms with Gasteiger partial charge in [-0.05, 0) is 47.7 Å². The second kappa shape index (κ2) is 9.16. The minimum Gasteiger partial charge on any atom is -0.478 e. The molecule has 2 N–H and O–H groups in total. The molecule has 0 radical (unpaired) electrons. The number of aromatic carboxylic acids is 1. The maximum absolute atomic E-state index is 12.6. The van der Waals surface area contributed by atoms with Gasteiger partial charge in [-0.15, -0.1) is 5.10 Å². The SMILES string of the molecule is N=C1/C(=C/c2ccc(-c3cccc(C(=O)O)c3)o2)C(=O)N=C2SC(SCc3ccccc3)=NN12. The lowest BCUT2D eigenvalue weighted by Crippen LogP contribution is -2.35. The van der Waals surface area contributed by atoms with Crippen LogP contribution in [0.1, 0.15) is 21.7 Å². The fourth-order valence-corrected chi connectivity index (χ4v) is 5.17. The fourth-order valence-electron chi connectivity index (χ4n) is 3.29. The average Bonchev–Trinajstić information content (AvgIpc) is 3.48. The highest BCUT2D eigenvalue weighted by atomic mass is 32.2. The molecule has 2 aliphatic heterocycles. The number of rotatable bonds is 5. The van der Waals surface area contributed by atoms with E-state index in [1.807, 2.05) is 30.3 Å². The van der Waals surface area contributed by atoms with Gasteiger partial charge in [0.05, 0.1) is 11.1 Å². The van der Waals surface area contributed by atoms with E-state index >= 15 is 0 Å². The molecule has 1 amide bonds. The number of nitrogens with zero attached hydrogens (tertiary/aromatic N) is 3. The molecule has 8 nitrogen and oxygen atoms in total. The predicted molar refractivity (Wildman–Crippen MR) is 134 cm³/mol. The van der Waals surface area contributed by atoms with Gasteiger partial charge in [0.25, 0.3) is 5.91 Å². The van der Waals surface area contributed by atoms with Gasteiger partial charge in [-0.25, -0.2) is 4.79 Å². The Morgan fingerprint density at radius 2 is 1.97 bits per heavy atom. The van der Waals surface area contributed by atoms with E-state index in [4.69, 9.17) is 9.83 Å². The lowest BCUT2D eigenvalue weighted by molar-refractivity contribution is -0.114. The molecule has 0 unspecified atom stereocenters. The Hall–Kier alpha value is -3.89. The van der Waals surface area contributed by atoms with Crippen LogP contribution < -0.4 is 0 Å². The second-order valence-corrected chi connectivity index (χ2v) is 9.43. The molecular formula is C24H16N4O4S2. The third-order valence-corrected chi connectivity index (χ3v) is 7.06. The summed E-state index contributed by atoms with van der Waals surface area (Å²) in [5, 5.41) is 23.9. The Bertz CT molecular complexity index is 1410. The zero-order valence-corrected chi connectivity index (χ0v) is 19.1. The Kier molecular flexibility index (Phi) is 5.91. The van der Waals surface area contributed by atoms with Crippen molar-refractivity contribution in [3.05, 3.63) is 89.2 Å². The molecule has 168 valence electrons. The lowest BCUT2D eigenvalue weighted by Gasteiger charge is -2.19. The first kappa shape index (κ1) is 21.9. The molecule has 5 rings (SSSR count). The third-order valence-electron chi connectivity index (χ3n) is 4.95. The Morgan fingerprint density at radius 3 is 2.76 bits per heavy atom. The summed E-state index contributed by atoms with van der Waals surface area (Å²) in [5.41, 5.74) is 1.94. The topological polar surface area (TPSA) is 119 Å². The van der Waals surface area contributed by atoms with Crippen LogP contribution in [0.25, 0.3) is 17.4 Å². The first-order chi connectivity index (χ1) is 16.5. The summed E-state index contributed by atoms with van der Waals surface area (Å²) < 4.78 is 6.50. The molecule has 0 saturated carbocycles. The van der Waals surface area contributed by atoms with E-state index in [2.05, 4.69) is 10.1 Å². The van der Waals surface area contributed by atoms with Crippen LogP contribution in [-0.4, -0.2) is 37.4 Å². The molecule has 34 heavy (non-hydrogen) atoms. The van der Waals surface area contributed by atoms with Crippen LogP contribution in [0.2, 0.25) is 0 Å². The molecule has 0 aliphatic carbocycles. The fraction of sp³-hybridized carbons (Fsp3) is 0.0417. The normalized spacial score (nSPS) is 16.5. The highest BCUT2D eigenvalue weighted by Crippen LogP contribution is 2.34. The largest absolute Gasteiger partial charge is 0.478 e.